The van der Waals surface area contributed by atoms with Crippen LogP contribution in [0.2, 0.25) is 0 Å². The standard InChI is InChI=1S/C29H31BrN4O3/c1-18(2)37-27(35)17-33-19(3)24(22-11-7-8-12-26(22)33)16-31-34-28(20-9-5-4-6-10-20)32-25-14-13-21(30)15-23(25)29(34)36/h7-8,11-16,18,20H,4-6,9-10,17H2,1-3H3. The summed E-state index contributed by atoms with van der Waals surface area (Å²) in [6.45, 7) is 5.75. The van der Waals surface area contributed by atoms with Gasteiger partial charge in [-0.15, -0.1) is 0 Å². The Morgan fingerprint density at radius 3 is 2.68 bits per heavy atom. The van der Waals surface area contributed by atoms with E-state index in [4.69, 9.17) is 14.8 Å². The van der Waals surface area contributed by atoms with Gasteiger partial charge in [0.25, 0.3) is 5.56 Å². The van der Waals surface area contributed by atoms with Crippen LogP contribution in [-0.4, -0.2) is 32.5 Å². The molecule has 7 nitrogen and oxygen atoms in total. The smallest absolute Gasteiger partial charge is 0.326 e. The molecule has 2 aromatic heterocycles. The van der Waals surface area contributed by atoms with Gasteiger partial charge in [-0.1, -0.05) is 53.4 Å². The van der Waals surface area contributed by atoms with Gasteiger partial charge in [0.1, 0.15) is 12.4 Å². The maximum Gasteiger partial charge on any atom is 0.326 e. The van der Waals surface area contributed by atoms with Gasteiger partial charge < -0.3 is 9.30 Å². The molecule has 1 aliphatic carbocycles. The number of halogens is 1. The van der Waals surface area contributed by atoms with Crippen LogP contribution in [0.25, 0.3) is 21.8 Å². The van der Waals surface area contributed by atoms with Crippen molar-refractivity contribution in [2.75, 3.05) is 0 Å². The molecule has 0 saturated heterocycles. The monoisotopic (exact) mass is 562 g/mol. The van der Waals surface area contributed by atoms with Crippen LogP contribution in [-0.2, 0) is 16.1 Å². The first kappa shape index (κ1) is 25.4. The fourth-order valence-electron chi connectivity index (χ4n) is 5.27. The second-order valence-electron chi connectivity index (χ2n) is 9.97. The maximum atomic E-state index is 13.7. The Kier molecular flexibility index (Phi) is 7.29. The number of esters is 1. The largest absolute Gasteiger partial charge is 0.462 e. The van der Waals surface area contributed by atoms with E-state index in [1.807, 2.05) is 61.7 Å². The fraction of sp³-hybridized carbons (Fsp3) is 0.379. The number of carbonyl (C=O) groups excluding carboxylic acids is 1. The number of aromatic nitrogens is 3. The van der Waals surface area contributed by atoms with Crippen LogP contribution in [0.15, 0.2) is 56.8 Å². The van der Waals surface area contributed by atoms with Crippen LogP contribution in [0.5, 0.6) is 0 Å². The van der Waals surface area contributed by atoms with E-state index in [-0.39, 0.29) is 30.1 Å². The van der Waals surface area contributed by atoms with E-state index in [0.29, 0.717) is 10.9 Å². The second-order valence-corrected chi connectivity index (χ2v) is 10.9. The number of para-hydroxylation sites is 1. The van der Waals surface area contributed by atoms with E-state index in [1.54, 1.807) is 12.3 Å². The summed E-state index contributed by atoms with van der Waals surface area (Å²) >= 11 is 3.48. The number of fused-ring (bicyclic) bond motifs is 2. The minimum absolute atomic E-state index is 0.108. The van der Waals surface area contributed by atoms with Crippen LogP contribution in [0.4, 0.5) is 0 Å². The lowest BCUT2D eigenvalue weighted by atomic mass is 9.88. The molecule has 0 unspecified atom stereocenters. The SMILES string of the molecule is Cc1c(C=Nn2c(C3CCCCC3)nc3ccc(Br)cc3c2=O)c2ccccc2n1CC(=O)OC(C)C. The Labute approximate surface area is 224 Å². The Morgan fingerprint density at radius 2 is 1.92 bits per heavy atom. The quantitative estimate of drug-likeness (QED) is 0.204. The third-order valence-corrected chi connectivity index (χ3v) is 7.53. The number of nitrogens with zero attached hydrogens (tertiary/aromatic N) is 4. The van der Waals surface area contributed by atoms with Crippen LogP contribution >= 0.6 is 15.9 Å². The second kappa shape index (κ2) is 10.6. The molecule has 1 saturated carbocycles. The van der Waals surface area contributed by atoms with Crippen molar-refractivity contribution in [1.29, 1.82) is 0 Å². The highest BCUT2D eigenvalue weighted by Gasteiger charge is 2.23. The summed E-state index contributed by atoms with van der Waals surface area (Å²) in [5.74, 6) is 0.625. The normalized spacial score (nSPS) is 14.8. The molecule has 0 bridgehead atoms. The van der Waals surface area contributed by atoms with Gasteiger partial charge in [-0.25, -0.2) is 4.98 Å². The Bertz CT molecular complexity index is 1560. The van der Waals surface area contributed by atoms with Gasteiger partial charge in [0.2, 0.25) is 0 Å². The Hall–Kier alpha value is -3.26. The van der Waals surface area contributed by atoms with Gasteiger partial charge in [-0.3, -0.25) is 9.59 Å². The summed E-state index contributed by atoms with van der Waals surface area (Å²) < 4.78 is 9.66. The minimum Gasteiger partial charge on any atom is -0.462 e. The van der Waals surface area contributed by atoms with Gasteiger partial charge in [-0.05, 0) is 57.9 Å². The van der Waals surface area contributed by atoms with Gasteiger partial charge in [0, 0.05) is 32.6 Å². The summed E-state index contributed by atoms with van der Waals surface area (Å²) in [4.78, 5) is 31.1. The Morgan fingerprint density at radius 1 is 1.16 bits per heavy atom. The molecule has 0 spiro atoms. The first-order valence-electron chi connectivity index (χ1n) is 12.9. The molecule has 0 N–H and O–H groups in total. The van der Waals surface area contributed by atoms with Crippen LogP contribution in [0.3, 0.4) is 0 Å². The first-order valence-corrected chi connectivity index (χ1v) is 13.7. The topological polar surface area (TPSA) is 78.5 Å². The fourth-order valence-corrected chi connectivity index (χ4v) is 5.63. The number of hydrogen-bond donors (Lipinski definition) is 0. The third-order valence-electron chi connectivity index (χ3n) is 7.04. The van der Waals surface area contributed by atoms with Gasteiger partial charge in [-0.2, -0.15) is 9.78 Å². The lowest BCUT2D eigenvalue weighted by Gasteiger charge is -2.22. The van der Waals surface area contributed by atoms with Crippen molar-refractivity contribution in [3.63, 3.8) is 0 Å². The molecule has 0 radical (unpaired) electrons. The van der Waals surface area contributed by atoms with E-state index in [2.05, 4.69) is 15.9 Å². The van der Waals surface area contributed by atoms with Crippen molar-refractivity contribution in [1.82, 2.24) is 14.2 Å². The highest BCUT2D eigenvalue weighted by Crippen LogP contribution is 2.32. The molecule has 192 valence electrons. The van der Waals surface area contributed by atoms with E-state index >= 15 is 0 Å². The predicted molar refractivity (Wildman–Crippen MR) is 150 cm³/mol. The van der Waals surface area contributed by atoms with Crippen molar-refractivity contribution in [2.45, 2.75) is 71.4 Å². The molecule has 8 heteroatoms. The van der Waals surface area contributed by atoms with Crippen molar-refractivity contribution in [3.05, 3.63) is 74.4 Å². The number of benzene rings is 2. The highest BCUT2D eigenvalue weighted by molar-refractivity contribution is 9.10. The third kappa shape index (κ3) is 5.12. The molecular formula is C29H31BrN4O3. The van der Waals surface area contributed by atoms with E-state index in [9.17, 15) is 9.59 Å². The summed E-state index contributed by atoms with van der Waals surface area (Å²) in [5.41, 5.74) is 3.18. The van der Waals surface area contributed by atoms with Crippen LogP contribution in [0, 0.1) is 6.92 Å². The zero-order valence-corrected chi connectivity index (χ0v) is 23.0. The molecule has 2 heterocycles. The van der Waals surface area contributed by atoms with Gasteiger partial charge in [0.05, 0.1) is 23.2 Å². The number of rotatable bonds is 6. The molecule has 2 aromatic carbocycles. The van der Waals surface area contributed by atoms with Crippen LogP contribution < -0.4 is 5.56 Å². The van der Waals surface area contributed by atoms with Crippen LogP contribution in [0.1, 0.15) is 69.0 Å². The lowest BCUT2D eigenvalue weighted by Crippen LogP contribution is -2.25. The summed E-state index contributed by atoms with van der Waals surface area (Å²) in [6, 6.07) is 13.5. The summed E-state index contributed by atoms with van der Waals surface area (Å²) in [7, 11) is 0. The van der Waals surface area contributed by atoms with Gasteiger partial charge in [0.15, 0.2) is 0 Å². The first-order chi connectivity index (χ1) is 17.8. The lowest BCUT2D eigenvalue weighted by molar-refractivity contribution is -0.148. The minimum atomic E-state index is -0.289. The molecule has 5 rings (SSSR count). The average molecular weight is 563 g/mol. The highest BCUT2D eigenvalue weighted by atomic mass is 79.9. The molecule has 1 aliphatic rings. The maximum absolute atomic E-state index is 13.7. The Balaban J connectivity index is 1.63. The predicted octanol–water partition coefficient (Wildman–Crippen LogP) is 6.30. The molecule has 37 heavy (non-hydrogen) atoms. The average Bonchev–Trinajstić information content (AvgIpc) is 3.14. The molecule has 0 atom stereocenters. The number of hydrogen-bond acceptors (Lipinski definition) is 5. The molecule has 4 aromatic rings. The number of ether oxygens (including phenoxy) is 1. The van der Waals surface area contributed by atoms with Crippen molar-refractivity contribution in [3.8, 4) is 0 Å². The van der Waals surface area contributed by atoms with E-state index in [1.165, 1.54) is 11.1 Å². The molecule has 0 aliphatic heterocycles. The van der Waals surface area contributed by atoms with Crippen molar-refractivity contribution in [2.24, 2.45) is 5.10 Å². The van der Waals surface area contributed by atoms with E-state index < -0.39 is 0 Å². The van der Waals surface area contributed by atoms with Crippen molar-refractivity contribution >= 4 is 49.9 Å². The summed E-state index contributed by atoms with van der Waals surface area (Å²) in [5, 5.41) is 6.25. The number of carbonyl (C=O) groups is 1. The van der Waals surface area contributed by atoms with Crippen molar-refractivity contribution < 1.29 is 9.53 Å². The van der Waals surface area contributed by atoms with E-state index in [0.717, 1.165) is 58.1 Å². The molecular weight excluding hydrogens is 532 g/mol. The zero-order chi connectivity index (χ0) is 26.1. The molecule has 0 amide bonds. The summed E-state index contributed by atoms with van der Waals surface area (Å²) in [6.07, 6.45) is 7.02. The van der Waals surface area contributed by atoms with Gasteiger partial charge >= 0.3 is 5.97 Å². The molecule has 1 fully saturated rings. The zero-order valence-electron chi connectivity index (χ0n) is 21.4.